The number of carbonyl (C=O) groups excluding carboxylic acids is 1. The number of methoxy groups -OCH3 is 1. The largest absolute Gasteiger partial charge is 0.465 e. The van der Waals surface area contributed by atoms with E-state index in [4.69, 9.17) is 0 Å². The third kappa shape index (κ3) is 2.30. The molecule has 0 amide bonds. The zero-order chi connectivity index (χ0) is 12.3. The Morgan fingerprint density at radius 2 is 2.18 bits per heavy atom. The van der Waals surface area contributed by atoms with Crippen molar-refractivity contribution in [1.82, 2.24) is 4.98 Å². The van der Waals surface area contributed by atoms with Gasteiger partial charge in [0, 0.05) is 23.5 Å². The Morgan fingerprint density at radius 1 is 1.35 bits per heavy atom. The van der Waals surface area contributed by atoms with Crippen molar-refractivity contribution in [3.05, 3.63) is 54.1 Å². The molecule has 3 nitrogen and oxygen atoms in total. The first-order chi connectivity index (χ1) is 8.22. The lowest BCUT2D eigenvalue weighted by Crippen LogP contribution is -2.04. The molecule has 0 bridgehead atoms. The van der Waals surface area contributed by atoms with Gasteiger partial charge in [-0.1, -0.05) is 6.07 Å². The van der Waals surface area contributed by atoms with Crippen LogP contribution < -0.4 is 0 Å². The van der Waals surface area contributed by atoms with E-state index >= 15 is 0 Å². The van der Waals surface area contributed by atoms with E-state index in [2.05, 4.69) is 9.72 Å². The summed E-state index contributed by atoms with van der Waals surface area (Å²) in [6.45, 7) is 0. The summed E-state index contributed by atoms with van der Waals surface area (Å²) in [4.78, 5) is 15.5. The van der Waals surface area contributed by atoms with Crippen molar-refractivity contribution in [2.24, 2.45) is 0 Å². The first-order valence-electron chi connectivity index (χ1n) is 5.00. The van der Waals surface area contributed by atoms with Gasteiger partial charge in [-0.15, -0.1) is 0 Å². The maximum absolute atomic E-state index is 13.2. The van der Waals surface area contributed by atoms with E-state index in [1.807, 2.05) is 0 Å². The Kier molecular flexibility index (Phi) is 3.14. The number of hydrogen-bond donors (Lipinski definition) is 0. The summed E-state index contributed by atoms with van der Waals surface area (Å²) in [7, 11) is 1.29. The SMILES string of the molecule is COC(=O)c1ccc(F)cc1-c1cccnc1. The number of pyridine rings is 1. The molecule has 0 saturated heterocycles. The molecule has 0 saturated carbocycles. The molecule has 0 aliphatic rings. The van der Waals surface area contributed by atoms with Crippen molar-refractivity contribution in [3.63, 3.8) is 0 Å². The van der Waals surface area contributed by atoms with Crippen LogP contribution in [0, 0.1) is 5.82 Å². The standard InChI is InChI=1S/C13H10FNO2/c1-17-13(16)11-5-4-10(14)7-12(11)9-3-2-6-15-8-9/h2-8H,1H3. The Labute approximate surface area is 97.9 Å². The number of hydrogen-bond acceptors (Lipinski definition) is 3. The first kappa shape index (κ1) is 11.3. The van der Waals surface area contributed by atoms with Crippen LogP contribution in [0.1, 0.15) is 10.4 Å². The van der Waals surface area contributed by atoms with Crippen LogP contribution in [0.3, 0.4) is 0 Å². The number of benzene rings is 1. The molecule has 0 N–H and O–H groups in total. The molecule has 1 heterocycles. The molecule has 0 aliphatic heterocycles. The molecule has 0 aliphatic carbocycles. The number of rotatable bonds is 2. The van der Waals surface area contributed by atoms with Crippen LogP contribution in [0.25, 0.3) is 11.1 Å². The highest BCUT2D eigenvalue weighted by Crippen LogP contribution is 2.24. The molecule has 0 unspecified atom stereocenters. The van der Waals surface area contributed by atoms with E-state index in [1.54, 1.807) is 24.5 Å². The maximum Gasteiger partial charge on any atom is 0.338 e. The molecule has 0 spiro atoms. The van der Waals surface area contributed by atoms with Gasteiger partial charge in [0.25, 0.3) is 0 Å². The molecule has 1 aromatic heterocycles. The predicted molar refractivity (Wildman–Crippen MR) is 61.0 cm³/mol. The number of carbonyl (C=O) groups is 1. The number of esters is 1. The van der Waals surface area contributed by atoms with Crippen molar-refractivity contribution in [3.8, 4) is 11.1 Å². The summed E-state index contributed by atoms with van der Waals surface area (Å²) >= 11 is 0. The highest BCUT2D eigenvalue weighted by Gasteiger charge is 2.13. The zero-order valence-electron chi connectivity index (χ0n) is 9.18. The summed E-state index contributed by atoms with van der Waals surface area (Å²) < 4.78 is 17.9. The van der Waals surface area contributed by atoms with Crippen molar-refractivity contribution in [2.45, 2.75) is 0 Å². The van der Waals surface area contributed by atoms with Gasteiger partial charge in [0.2, 0.25) is 0 Å². The molecule has 2 aromatic rings. The number of ether oxygens (including phenoxy) is 1. The van der Waals surface area contributed by atoms with Crippen molar-refractivity contribution in [2.75, 3.05) is 7.11 Å². The van der Waals surface area contributed by atoms with E-state index in [9.17, 15) is 9.18 Å². The van der Waals surface area contributed by atoms with Gasteiger partial charge < -0.3 is 4.74 Å². The molecule has 17 heavy (non-hydrogen) atoms. The van der Waals surface area contributed by atoms with Crippen LogP contribution in [0.5, 0.6) is 0 Å². The van der Waals surface area contributed by atoms with Gasteiger partial charge in [-0.2, -0.15) is 0 Å². The highest BCUT2D eigenvalue weighted by atomic mass is 19.1. The second-order valence-electron chi connectivity index (χ2n) is 3.42. The van der Waals surface area contributed by atoms with Gasteiger partial charge >= 0.3 is 5.97 Å². The van der Waals surface area contributed by atoms with Gasteiger partial charge in [-0.3, -0.25) is 4.98 Å². The Hall–Kier alpha value is -2.23. The molecule has 0 atom stereocenters. The van der Waals surface area contributed by atoms with Gasteiger partial charge in [-0.05, 0) is 24.3 Å². The normalized spacial score (nSPS) is 10.0. The van der Waals surface area contributed by atoms with E-state index < -0.39 is 11.8 Å². The minimum Gasteiger partial charge on any atom is -0.465 e. The van der Waals surface area contributed by atoms with Crippen molar-refractivity contribution < 1.29 is 13.9 Å². The molecule has 4 heteroatoms. The van der Waals surface area contributed by atoms with Crippen LogP contribution in [0.15, 0.2) is 42.7 Å². The topological polar surface area (TPSA) is 39.2 Å². The summed E-state index contributed by atoms with van der Waals surface area (Å²) in [5.41, 5.74) is 1.47. The lowest BCUT2D eigenvalue weighted by molar-refractivity contribution is 0.0601. The molecule has 2 rings (SSSR count). The first-order valence-corrected chi connectivity index (χ1v) is 5.00. The number of aromatic nitrogens is 1. The summed E-state index contributed by atoms with van der Waals surface area (Å²) in [5, 5.41) is 0. The second-order valence-corrected chi connectivity index (χ2v) is 3.42. The van der Waals surface area contributed by atoms with Gasteiger partial charge in [0.15, 0.2) is 0 Å². The minimum absolute atomic E-state index is 0.321. The maximum atomic E-state index is 13.2. The summed E-state index contributed by atoms with van der Waals surface area (Å²) in [6.07, 6.45) is 3.18. The Balaban J connectivity index is 2.59. The Morgan fingerprint density at radius 3 is 2.82 bits per heavy atom. The van der Waals surface area contributed by atoms with Crippen molar-refractivity contribution >= 4 is 5.97 Å². The van der Waals surface area contributed by atoms with Crippen LogP contribution in [-0.2, 0) is 4.74 Å². The fraction of sp³-hybridized carbons (Fsp3) is 0.0769. The minimum atomic E-state index is -0.496. The molecule has 86 valence electrons. The molecule has 0 fully saturated rings. The average molecular weight is 231 g/mol. The molecule has 1 aromatic carbocycles. The summed E-state index contributed by atoms with van der Waals surface area (Å²) in [5.74, 6) is -0.902. The Bertz CT molecular complexity index is 540. The fourth-order valence-electron chi connectivity index (χ4n) is 1.57. The third-order valence-electron chi connectivity index (χ3n) is 2.36. The molecule has 0 radical (unpaired) electrons. The van der Waals surface area contributed by atoms with Crippen LogP contribution in [0.2, 0.25) is 0 Å². The van der Waals surface area contributed by atoms with Crippen LogP contribution in [0.4, 0.5) is 4.39 Å². The zero-order valence-corrected chi connectivity index (χ0v) is 9.18. The number of nitrogens with zero attached hydrogens (tertiary/aromatic N) is 1. The fourth-order valence-corrected chi connectivity index (χ4v) is 1.57. The average Bonchev–Trinajstić information content (AvgIpc) is 2.39. The van der Waals surface area contributed by atoms with E-state index in [1.165, 1.54) is 25.3 Å². The van der Waals surface area contributed by atoms with Crippen LogP contribution in [-0.4, -0.2) is 18.1 Å². The predicted octanol–water partition coefficient (Wildman–Crippen LogP) is 2.67. The summed E-state index contributed by atoms with van der Waals surface area (Å²) in [6, 6.07) is 7.41. The quantitative estimate of drug-likeness (QED) is 0.746. The van der Waals surface area contributed by atoms with E-state index in [-0.39, 0.29) is 0 Å². The lowest BCUT2D eigenvalue weighted by Gasteiger charge is -2.07. The third-order valence-corrected chi connectivity index (χ3v) is 2.36. The molecular weight excluding hydrogens is 221 g/mol. The molecular formula is C13H10FNO2. The van der Waals surface area contributed by atoms with E-state index in [0.717, 1.165) is 0 Å². The second kappa shape index (κ2) is 4.74. The lowest BCUT2D eigenvalue weighted by atomic mass is 10.0. The monoisotopic (exact) mass is 231 g/mol. The van der Waals surface area contributed by atoms with Gasteiger partial charge in [0.05, 0.1) is 12.7 Å². The van der Waals surface area contributed by atoms with Crippen LogP contribution >= 0.6 is 0 Å². The van der Waals surface area contributed by atoms with Gasteiger partial charge in [0.1, 0.15) is 5.82 Å². The smallest absolute Gasteiger partial charge is 0.338 e. The highest BCUT2D eigenvalue weighted by molar-refractivity contribution is 5.97. The van der Waals surface area contributed by atoms with Crippen molar-refractivity contribution in [1.29, 1.82) is 0 Å². The number of halogens is 1. The van der Waals surface area contributed by atoms with Gasteiger partial charge in [-0.25, -0.2) is 9.18 Å². The van der Waals surface area contributed by atoms with E-state index in [0.29, 0.717) is 16.7 Å².